The molecule has 1 saturated heterocycles. The van der Waals surface area contributed by atoms with Crippen molar-refractivity contribution >= 4 is 5.91 Å². The number of amides is 1. The second kappa shape index (κ2) is 7.10. The van der Waals surface area contributed by atoms with E-state index in [1.54, 1.807) is 0 Å². The largest absolute Gasteiger partial charge is 0.373 e. The summed E-state index contributed by atoms with van der Waals surface area (Å²) in [6.45, 7) is 7.50. The number of rotatable bonds is 7. The first kappa shape index (κ1) is 15.4. The molecule has 3 atom stereocenters. The standard InChI is InChI=1S/C14H28N2O2/c1-11(6-4-7-12(2)15)13(17)16-10-14(3)8-5-9-18-14/h11-12H,4-10,15H2,1-3H3,(H,16,17). The quantitative estimate of drug-likeness (QED) is 0.730. The van der Waals surface area contributed by atoms with E-state index in [0.717, 1.165) is 38.7 Å². The lowest BCUT2D eigenvalue weighted by molar-refractivity contribution is -0.126. The van der Waals surface area contributed by atoms with Gasteiger partial charge in [0, 0.05) is 25.1 Å². The molecule has 1 aliphatic heterocycles. The SMILES string of the molecule is CC(N)CCCC(C)C(=O)NCC1(C)CCCO1. The molecule has 0 saturated carbocycles. The van der Waals surface area contributed by atoms with Crippen LogP contribution in [0.15, 0.2) is 0 Å². The number of carbonyl (C=O) groups is 1. The van der Waals surface area contributed by atoms with Crippen LogP contribution in [-0.4, -0.2) is 30.7 Å². The number of ether oxygens (including phenoxy) is 1. The van der Waals surface area contributed by atoms with Crippen molar-refractivity contribution in [2.45, 2.75) is 64.5 Å². The molecule has 4 nitrogen and oxygen atoms in total. The summed E-state index contributed by atoms with van der Waals surface area (Å²) in [6, 6.07) is 0.228. The highest BCUT2D eigenvalue weighted by Gasteiger charge is 2.30. The van der Waals surface area contributed by atoms with E-state index in [-0.39, 0.29) is 23.5 Å². The molecule has 1 heterocycles. The Hall–Kier alpha value is -0.610. The Balaban J connectivity index is 2.19. The van der Waals surface area contributed by atoms with Crippen LogP contribution in [0.4, 0.5) is 0 Å². The first-order valence-electron chi connectivity index (χ1n) is 7.10. The number of hydrogen-bond acceptors (Lipinski definition) is 3. The Morgan fingerprint density at radius 2 is 2.17 bits per heavy atom. The third-order valence-corrected chi connectivity index (χ3v) is 3.68. The summed E-state index contributed by atoms with van der Waals surface area (Å²) in [5, 5.41) is 3.01. The lowest BCUT2D eigenvalue weighted by atomic mass is 9.99. The molecule has 3 N–H and O–H groups in total. The van der Waals surface area contributed by atoms with Gasteiger partial charge < -0.3 is 15.8 Å². The predicted octanol–water partition coefficient (Wildman–Crippen LogP) is 1.83. The van der Waals surface area contributed by atoms with E-state index in [1.165, 1.54) is 0 Å². The maximum Gasteiger partial charge on any atom is 0.222 e. The van der Waals surface area contributed by atoms with E-state index in [2.05, 4.69) is 12.2 Å². The molecular weight excluding hydrogens is 228 g/mol. The predicted molar refractivity (Wildman–Crippen MR) is 73.3 cm³/mol. The van der Waals surface area contributed by atoms with Crippen molar-refractivity contribution in [1.82, 2.24) is 5.32 Å². The summed E-state index contributed by atoms with van der Waals surface area (Å²) < 4.78 is 5.65. The van der Waals surface area contributed by atoms with Gasteiger partial charge in [0.05, 0.1) is 5.60 Å². The van der Waals surface area contributed by atoms with Gasteiger partial charge in [0.15, 0.2) is 0 Å². The molecule has 0 aromatic carbocycles. The van der Waals surface area contributed by atoms with Gasteiger partial charge in [0.25, 0.3) is 0 Å². The van der Waals surface area contributed by atoms with Gasteiger partial charge in [0.2, 0.25) is 5.91 Å². The molecule has 106 valence electrons. The smallest absolute Gasteiger partial charge is 0.222 e. The Labute approximate surface area is 111 Å². The molecule has 0 aliphatic carbocycles. The van der Waals surface area contributed by atoms with Crippen LogP contribution in [0.3, 0.4) is 0 Å². The topological polar surface area (TPSA) is 64.4 Å². The lowest BCUT2D eigenvalue weighted by Gasteiger charge is -2.24. The van der Waals surface area contributed by atoms with Crippen LogP contribution in [0.25, 0.3) is 0 Å². The van der Waals surface area contributed by atoms with Gasteiger partial charge in [-0.25, -0.2) is 0 Å². The van der Waals surface area contributed by atoms with Crippen LogP contribution in [0, 0.1) is 5.92 Å². The normalized spacial score (nSPS) is 26.9. The lowest BCUT2D eigenvalue weighted by Crippen LogP contribution is -2.42. The van der Waals surface area contributed by atoms with Gasteiger partial charge in [0.1, 0.15) is 0 Å². The van der Waals surface area contributed by atoms with E-state index >= 15 is 0 Å². The van der Waals surface area contributed by atoms with Crippen molar-refractivity contribution in [1.29, 1.82) is 0 Å². The molecule has 1 rings (SSSR count). The van der Waals surface area contributed by atoms with Crippen molar-refractivity contribution < 1.29 is 9.53 Å². The fraction of sp³-hybridized carbons (Fsp3) is 0.929. The first-order chi connectivity index (χ1) is 8.43. The van der Waals surface area contributed by atoms with Crippen molar-refractivity contribution in [3.8, 4) is 0 Å². The van der Waals surface area contributed by atoms with Gasteiger partial charge in [-0.2, -0.15) is 0 Å². The minimum atomic E-state index is -0.152. The first-order valence-corrected chi connectivity index (χ1v) is 7.10. The molecule has 4 heteroatoms. The number of hydrogen-bond donors (Lipinski definition) is 2. The summed E-state index contributed by atoms with van der Waals surface area (Å²) in [5.74, 6) is 0.199. The zero-order valence-corrected chi connectivity index (χ0v) is 12.0. The average Bonchev–Trinajstić information content (AvgIpc) is 2.73. The third kappa shape index (κ3) is 5.36. The highest BCUT2D eigenvalue weighted by molar-refractivity contribution is 5.78. The molecule has 0 spiro atoms. The average molecular weight is 256 g/mol. The number of nitrogens with one attached hydrogen (secondary N) is 1. The molecule has 3 unspecified atom stereocenters. The van der Waals surface area contributed by atoms with Crippen LogP contribution in [0.5, 0.6) is 0 Å². The molecule has 18 heavy (non-hydrogen) atoms. The van der Waals surface area contributed by atoms with Crippen LogP contribution in [0.1, 0.15) is 52.9 Å². The molecule has 0 aromatic rings. The van der Waals surface area contributed by atoms with Gasteiger partial charge in [-0.05, 0) is 39.5 Å². The van der Waals surface area contributed by atoms with Crippen molar-refractivity contribution in [2.75, 3.05) is 13.2 Å². The van der Waals surface area contributed by atoms with Crippen molar-refractivity contribution in [3.63, 3.8) is 0 Å². The zero-order chi connectivity index (χ0) is 13.6. The Morgan fingerprint density at radius 1 is 1.44 bits per heavy atom. The fourth-order valence-corrected chi connectivity index (χ4v) is 2.30. The fourth-order valence-electron chi connectivity index (χ4n) is 2.30. The summed E-state index contributed by atoms with van der Waals surface area (Å²) >= 11 is 0. The molecular formula is C14H28N2O2. The second-order valence-electron chi connectivity index (χ2n) is 5.93. The summed E-state index contributed by atoms with van der Waals surface area (Å²) in [5.41, 5.74) is 5.54. The Morgan fingerprint density at radius 3 is 2.72 bits per heavy atom. The Kier molecular flexibility index (Phi) is 6.09. The maximum atomic E-state index is 11.9. The summed E-state index contributed by atoms with van der Waals surface area (Å²) in [6.07, 6.45) is 5.03. The molecule has 1 fully saturated rings. The van der Waals surface area contributed by atoms with E-state index in [4.69, 9.17) is 10.5 Å². The molecule has 0 bridgehead atoms. The molecule has 1 amide bonds. The third-order valence-electron chi connectivity index (χ3n) is 3.68. The second-order valence-corrected chi connectivity index (χ2v) is 5.93. The molecule has 0 aromatic heterocycles. The van der Waals surface area contributed by atoms with Gasteiger partial charge >= 0.3 is 0 Å². The number of nitrogens with two attached hydrogens (primary N) is 1. The molecule has 1 aliphatic rings. The number of carbonyl (C=O) groups excluding carboxylic acids is 1. The van der Waals surface area contributed by atoms with Crippen molar-refractivity contribution in [2.24, 2.45) is 11.7 Å². The van der Waals surface area contributed by atoms with Crippen LogP contribution < -0.4 is 11.1 Å². The minimum absolute atomic E-state index is 0.0637. The van der Waals surface area contributed by atoms with Crippen LogP contribution in [-0.2, 0) is 9.53 Å². The van der Waals surface area contributed by atoms with Crippen LogP contribution in [0.2, 0.25) is 0 Å². The van der Waals surface area contributed by atoms with Gasteiger partial charge in [-0.15, -0.1) is 0 Å². The van der Waals surface area contributed by atoms with Gasteiger partial charge in [-0.3, -0.25) is 4.79 Å². The van der Waals surface area contributed by atoms with Crippen molar-refractivity contribution in [3.05, 3.63) is 0 Å². The molecule has 0 radical (unpaired) electrons. The minimum Gasteiger partial charge on any atom is -0.373 e. The van der Waals surface area contributed by atoms with E-state index in [0.29, 0.717) is 6.54 Å². The van der Waals surface area contributed by atoms with Crippen LogP contribution >= 0.6 is 0 Å². The highest BCUT2D eigenvalue weighted by Crippen LogP contribution is 2.24. The van der Waals surface area contributed by atoms with E-state index in [1.807, 2.05) is 13.8 Å². The highest BCUT2D eigenvalue weighted by atomic mass is 16.5. The Bertz CT molecular complexity index is 261. The summed E-state index contributed by atoms with van der Waals surface area (Å²) in [4.78, 5) is 11.9. The maximum absolute atomic E-state index is 11.9. The monoisotopic (exact) mass is 256 g/mol. The van der Waals surface area contributed by atoms with E-state index < -0.39 is 0 Å². The summed E-state index contributed by atoms with van der Waals surface area (Å²) in [7, 11) is 0. The van der Waals surface area contributed by atoms with Gasteiger partial charge in [-0.1, -0.05) is 13.3 Å². The zero-order valence-electron chi connectivity index (χ0n) is 12.0. The van der Waals surface area contributed by atoms with E-state index in [9.17, 15) is 4.79 Å².